The van der Waals surface area contributed by atoms with E-state index in [4.69, 9.17) is 18.6 Å². The van der Waals surface area contributed by atoms with E-state index in [1.807, 2.05) is 30.3 Å². The lowest BCUT2D eigenvalue weighted by molar-refractivity contribution is -0.138. The first-order valence-electron chi connectivity index (χ1n) is 9.60. The van der Waals surface area contributed by atoms with Crippen LogP contribution in [0, 0.1) is 0 Å². The highest BCUT2D eigenvalue weighted by atomic mass is 16.5. The van der Waals surface area contributed by atoms with Crippen LogP contribution in [0.1, 0.15) is 11.1 Å². The van der Waals surface area contributed by atoms with E-state index in [0.29, 0.717) is 22.6 Å². The van der Waals surface area contributed by atoms with Crippen molar-refractivity contribution in [3.8, 4) is 11.5 Å². The lowest BCUT2D eigenvalue weighted by Crippen LogP contribution is -2.06. The van der Waals surface area contributed by atoms with Gasteiger partial charge in [0.15, 0.2) is 11.5 Å². The minimum atomic E-state index is -0.531. The van der Waals surface area contributed by atoms with Crippen molar-refractivity contribution >= 4 is 33.8 Å². The van der Waals surface area contributed by atoms with Crippen LogP contribution in [-0.2, 0) is 16.1 Å². The van der Waals surface area contributed by atoms with Crippen LogP contribution in [0.5, 0.6) is 11.5 Å². The van der Waals surface area contributed by atoms with Crippen LogP contribution >= 0.6 is 0 Å². The van der Waals surface area contributed by atoms with Crippen molar-refractivity contribution in [3.63, 3.8) is 0 Å². The topological polar surface area (TPSA) is 75.0 Å². The Balaban J connectivity index is 1.56. The van der Waals surface area contributed by atoms with Gasteiger partial charge in [-0.25, -0.2) is 9.59 Å². The molecule has 0 spiro atoms. The zero-order chi connectivity index (χ0) is 21.8. The van der Waals surface area contributed by atoms with Gasteiger partial charge in [-0.15, -0.1) is 0 Å². The molecule has 0 fully saturated rings. The summed E-state index contributed by atoms with van der Waals surface area (Å²) in [5.74, 6) is 0.632. The third kappa shape index (κ3) is 4.28. The number of esters is 1. The maximum atomic E-state index is 12.3. The van der Waals surface area contributed by atoms with Crippen LogP contribution in [0.3, 0.4) is 0 Å². The quantitative estimate of drug-likeness (QED) is 0.196. The van der Waals surface area contributed by atoms with Crippen molar-refractivity contribution in [3.05, 3.63) is 88.3 Å². The number of carbonyl (C=O) groups is 1. The molecule has 0 N–H and O–H groups in total. The predicted octanol–water partition coefficient (Wildman–Crippen LogP) is 4.72. The number of hydrogen-bond donors (Lipinski definition) is 0. The molecule has 1 aromatic heterocycles. The zero-order valence-corrected chi connectivity index (χ0v) is 17.1. The van der Waals surface area contributed by atoms with Gasteiger partial charge >= 0.3 is 11.6 Å². The maximum absolute atomic E-state index is 12.3. The molecule has 0 atom stereocenters. The molecule has 0 saturated carbocycles. The Morgan fingerprint density at radius 2 is 1.77 bits per heavy atom. The highest BCUT2D eigenvalue weighted by Crippen LogP contribution is 2.29. The van der Waals surface area contributed by atoms with E-state index in [1.165, 1.54) is 12.1 Å². The lowest BCUT2D eigenvalue weighted by atomic mass is 10.0. The normalized spacial score (nSPS) is 11.2. The van der Waals surface area contributed by atoms with Crippen molar-refractivity contribution in [2.24, 2.45) is 0 Å². The molecular weight excluding hydrogens is 396 g/mol. The van der Waals surface area contributed by atoms with Gasteiger partial charge in [0.2, 0.25) is 0 Å². The van der Waals surface area contributed by atoms with E-state index in [-0.39, 0.29) is 6.61 Å². The molecule has 0 aliphatic carbocycles. The molecule has 6 heteroatoms. The zero-order valence-electron chi connectivity index (χ0n) is 17.1. The molecule has 0 radical (unpaired) electrons. The van der Waals surface area contributed by atoms with E-state index in [9.17, 15) is 9.59 Å². The van der Waals surface area contributed by atoms with Crippen LogP contribution in [0.4, 0.5) is 0 Å². The van der Waals surface area contributed by atoms with Gasteiger partial charge in [0.1, 0.15) is 12.2 Å². The number of ether oxygens (including phenoxy) is 3. The third-order valence-corrected chi connectivity index (χ3v) is 4.90. The molecule has 3 aromatic carbocycles. The molecular formula is C25H20O6. The molecule has 6 nitrogen and oxygen atoms in total. The minimum absolute atomic E-state index is 0.0504. The molecule has 31 heavy (non-hydrogen) atoms. The monoisotopic (exact) mass is 416 g/mol. The van der Waals surface area contributed by atoms with E-state index in [2.05, 4.69) is 0 Å². The Bertz CT molecular complexity index is 1350. The number of rotatable bonds is 6. The summed E-state index contributed by atoms with van der Waals surface area (Å²) in [5, 5.41) is 2.69. The Morgan fingerprint density at radius 1 is 0.968 bits per heavy atom. The fourth-order valence-corrected chi connectivity index (χ4v) is 3.45. The first kappa shape index (κ1) is 20.2. The third-order valence-electron chi connectivity index (χ3n) is 4.90. The summed E-state index contributed by atoms with van der Waals surface area (Å²) in [7, 11) is 3.10. The number of benzene rings is 3. The summed E-state index contributed by atoms with van der Waals surface area (Å²) in [6.45, 7) is -0.0504. The van der Waals surface area contributed by atoms with Gasteiger partial charge < -0.3 is 18.6 Å². The van der Waals surface area contributed by atoms with Crippen LogP contribution in [0.15, 0.2) is 76.0 Å². The second kappa shape index (κ2) is 8.75. The van der Waals surface area contributed by atoms with Crippen molar-refractivity contribution in [1.29, 1.82) is 0 Å². The van der Waals surface area contributed by atoms with Gasteiger partial charge in [-0.1, -0.05) is 36.4 Å². The van der Waals surface area contributed by atoms with Gasteiger partial charge in [0, 0.05) is 23.1 Å². The predicted molar refractivity (Wildman–Crippen MR) is 118 cm³/mol. The molecule has 4 aromatic rings. The second-order valence-corrected chi connectivity index (χ2v) is 6.81. The summed E-state index contributed by atoms with van der Waals surface area (Å²) < 4.78 is 21.2. The van der Waals surface area contributed by atoms with Gasteiger partial charge in [-0.3, -0.25) is 0 Å². The van der Waals surface area contributed by atoms with Gasteiger partial charge in [0.05, 0.1) is 14.2 Å². The summed E-state index contributed by atoms with van der Waals surface area (Å²) in [5.41, 5.74) is 1.31. The molecule has 1 heterocycles. The van der Waals surface area contributed by atoms with Gasteiger partial charge in [-0.2, -0.15) is 0 Å². The Kier molecular flexibility index (Phi) is 5.71. The first-order chi connectivity index (χ1) is 15.1. The molecule has 0 bridgehead atoms. The van der Waals surface area contributed by atoms with Gasteiger partial charge in [-0.05, 0) is 40.6 Å². The largest absolute Gasteiger partial charge is 0.493 e. The SMILES string of the molecule is COc1ccc(C=CC(=O)OCc2cc(=O)oc3ccc4ccccc4c23)cc1OC. The minimum Gasteiger partial charge on any atom is -0.493 e. The maximum Gasteiger partial charge on any atom is 0.336 e. The fraction of sp³-hybridized carbons (Fsp3) is 0.120. The second-order valence-electron chi connectivity index (χ2n) is 6.81. The molecule has 0 aliphatic rings. The highest BCUT2D eigenvalue weighted by Gasteiger charge is 2.11. The lowest BCUT2D eigenvalue weighted by Gasteiger charge is -2.09. The fourth-order valence-electron chi connectivity index (χ4n) is 3.45. The van der Waals surface area contributed by atoms with Crippen molar-refractivity contribution in [2.45, 2.75) is 6.61 Å². The molecule has 0 aliphatic heterocycles. The number of methoxy groups -OCH3 is 2. The van der Waals surface area contributed by atoms with Crippen LogP contribution in [0.25, 0.3) is 27.8 Å². The molecule has 4 rings (SSSR count). The molecule has 156 valence electrons. The number of hydrogen-bond acceptors (Lipinski definition) is 6. The Hall–Kier alpha value is -4.06. The van der Waals surface area contributed by atoms with E-state index in [1.54, 1.807) is 44.6 Å². The smallest absolute Gasteiger partial charge is 0.336 e. The van der Waals surface area contributed by atoms with E-state index < -0.39 is 11.6 Å². The van der Waals surface area contributed by atoms with E-state index >= 15 is 0 Å². The van der Waals surface area contributed by atoms with Crippen molar-refractivity contribution in [2.75, 3.05) is 14.2 Å². The van der Waals surface area contributed by atoms with Crippen molar-refractivity contribution < 1.29 is 23.4 Å². The summed E-state index contributed by atoms with van der Waals surface area (Å²) in [6.07, 6.45) is 2.95. The summed E-state index contributed by atoms with van der Waals surface area (Å²) >= 11 is 0. The Morgan fingerprint density at radius 3 is 2.58 bits per heavy atom. The summed E-state index contributed by atoms with van der Waals surface area (Å²) in [6, 6.07) is 18.1. The highest BCUT2D eigenvalue weighted by molar-refractivity contribution is 6.07. The van der Waals surface area contributed by atoms with Crippen LogP contribution < -0.4 is 15.1 Å². The van der Waals surface area contributed by atoms with Crippen molar-refractivity contribution in [1.82, 2.24) is 0 Å². The van der Waals surface area contributed by atoms with Crippen LogP contribution in [0.2, 0.25) is 0 Å². The van der Waals surface area contributed by atoms with E-state index in [0.717, 1.165) is 21.7 Å². The Labute approximate surface area is 178 Å². The average molecular weight is 416 g/mol. The van der Waals surface area contributed by atoms with Crippen LogP contribution in [-0.4, -0.2) is 20.2 Å². The van der Waals surface area contributed by atoms with Gasteiger partial charge in [0.25, 0.3) is 0 Å². The standard InChI is InChI=1S/C25H20O6/c1-28-20-10-7-16(13-22(20)29-2)8-12-23(26)30-15-18-14-24(27)31-21-11-9-17-5-3-4-6-19(17)25(18)21/h3-14H,15H2,1-2H3. The first-order valence-corrected chi connectivity index (χ1v) is 9.60. The number of carbonyl (C=O) groups excluding carboxylic acids is 1. The average Bonchev–Trinajstić information content (AvgIpc) is 2.80. The molecule has 0 amide bonds. The molecule has 0 saturated heterocycles. The number of fused-ring (bicyclic) bond motifs is 3. The molecule has 0 unspecified atom stereocenters. The summed E-state index contributed by atoms with van der Waals surface area (Å²) in [4.78, 5) is 24.3.